The van der Waals surface area contributed by atoms with Crippen molar-refractivity contribution in [1.29, 1.82) is 0 Å². The number of nitrogens with one attached hydrogen (secondary N) is 2. The van der Waals surface area contributed by atoms with Gasteiger partial charge in [-0.05, 0) is 43.6 Å². The Balaban J connectivity index is 1.83. The first kappa shape index (κ1) is 21.2. The maximum atomic E-state index is 12.6. The number of benzene rings is 1. The second-order valence-corrected chi connectivity index (χ2v) is 7.19. The van der Waals surface area contributed by atoms with Gasteiger partial charge in [-0.1, -0.05) is 38.0 Å². The van der Waals surface area contributed by atoms with Crippen molar-refractivity contribution in [2.45, 2.75) is 39.0 Å². The molecule has 0 saturated carbocycles. The number of nitrogens with zero attached hydrogens (tertiary/aromatic N) is 2. The van der Waals surface area contributed by atoms with Gasteiger partial charge in [-0.3, -0.25) is 9.59 Å². The van der Waals surface area contributed by atoms with E-state index in [4.69, 9.17) is 12.2 Å². The number of carbonyl (C=O) groups is 2. The normalized spacial score (nSPS) is 13.3. The number of anilines is 1. The maximum absolute atomic E-state index is 12.6. The predicted molar refractivity (Wildman–Crippen MR) is 113 cm³/mol. The maximum Gasteiger partial charge on any atom is 0.242 e. The molecule has 2 N–H and O–H groups in total. The van der Waals surface area contributed by atoms with Crippen LogP contribution < -0.4 is 10.6 Å². The Hall–Kier alpha value is -2.15. The van der Waals surface area contributed by atoms with Crippen molar-refractivity contribution in [3.8, 4) is 0 Å². The van der Waals surface area contributed by atoms with Gasteiger partial charge in [-0.2, -0.15) is 0 Å². The molecule has 1 aliphatic heterocycles. The molecule has 0 aliphatic carbocycles. The van der Waals surface area contributed by atoms with Gasteiger partial charge in [0, 0.05) is 25.3 Å². The van der Waals surface area contributed by atoms with Crippen molar-refractivity contribution in [2.75, 3.05) is 38.0 Å². The second kappa shape index (κ2) is 11.5. The lowest BCUT2D eigenvalue weighted by atomic mass is 10.2. The Kier molecular flexibility index (Phi) is 9.04. The summed E-state index contributed by atoms with van der Waals surface area (Å²) < 4.78 is 0. The van der Waals surface area contributed by atoms with E-state index in [1.807, 2.05) is 35.2 Å². The largest absolute Gasteiger partial charge is 0.353 e. The van der Waals surface area contributed by atoms with Gasteiger partial charge >= 0.3 is 0 Å². The van der Waals surface area contributed by atoms with Crippen molar-refractivity contribution in [3.05, 3.63) is 30.3 Å². The molecule has 148 valence electrons. The fourth-order valence-electron chi connectivity index (χ4n) is 3.04. The summed E-state index contributed by atoms with van der Waals surface area (Å²) in [6, 6.07) is 9.56. The fourth-order valence-corrected chi connectivity index (χ4v) is 3.23. The van der Waals surface area contributed by atoms with Gasteiger partial charge in [0.05, 0.1) is 13.1 Å². The van der Waals surface area contributed by atoms with E-state index in [1.165, 1.54) is 0 Å². The highest BCUT2D eigenvalue weighted by atomic mass is 32.1. The first-order valence-corrected chi connectivity index (χ1v) is 10.2. The highest BCUT2D eigenvalue weighted by Gasteiger charge is 2.23. The van der Waals surface area contributed by atoms with Crippen LogP contribution >= 0.6 is 12.2 Å². The summed E-state index contributed by atoms with van der Waals surface area (Å²) in [5, 5.41) is 6.39. The third-order valence-corrected chi connectivity index (χ3v) is 4.85. The van der Waals surface area contributed by atoms with E-state index in [-0.39, 0.29) is 24.9 Å². The van der Waals surface area contributed by atoms with Gasteiger partial charge in [-0.15, -0.1) is 0 Å². The van der Waals surface area contributed by atoms with Crippen LogP contribution in [0.4, 0.5) is 5.69 Å². The number of hydrogen-bond acceptors (Lipinski definition) is 3. The molecule has 1 heterocycles. The quantitative estimate of drug-likeness (QED) is 0.501. The summed E-state index contributed by atoms with van der Waals surface area (Å²) in [5.74, 6) is -0.0572. The minimum absolute atomic E-state index is 0.0438. The Morgan fingerprint density at radius 1 is 1.15 bits per heavy atom. The van der Waals surface area contributed by atoms with Crippen LogP contribution in [0.25, 0.3) is 0 Å². The third-order valence-electron chi connectivity index (χ3n) is 4.60. The van der Waals surface area contributed by atoms with Crippen LogP contribution in [0.2, 0.25) is 0 Å². The van der Waals surface area contributed by atoms with Gasteiger partial charge in [-0.25, -0.2) is 0 Å². The van der Waals surface area contributed by atoms with Crippen molar-refractivity contribution in [3.63, 3.8) is 0 Å². The first-order chi connectivity index (χ1) is 13.1. The molecular formula is C20H30N4O2S. The zero-order chi connectivity index (χ0) is 19.5. The van der Waals surface area contributed by atoms with Gasteiger partial charge in [0.15, 0.2) is 5.11 Å². The Labute approximate surface area is 167 Å². The minimum Gasteiger partial charge on any atom is -0.353 e. The number of thiocarbonyl (C=S) groups is 1. The second-order valence-electron chi connectivity index (χ2n) is 6.78. The number of likely N-dealkylation sites (tertiary alicyclic amines) is 1. The topological polar surface area (TPSA) is 64.7 Å². The van der Waals surface area contributed by atoms with Crippen molar-refractivity contribution < 1.29 is 9.59 Å². The number of rotatable bonds is 9. The van der Waals surface area contributed by atoms with Crippen molar-refractivity contribution in [2.24, 2.45) is 0 Å². The van der Waals surface area contributed by atoms with Gasteiger partial charge in [0.1, 0.15) is 0 Å². The van der Waals surface area contributed by atoms with Crippen LogP contribution in [0, 0.1) is 0 Å². The lowest BCUT2D eigenvalue weighted by Crippen LogP contribution is -2.46. The third kappa shape index (κ3) is 7.54. The zero-order valence-corrected chi connectivity index (χ0v) is 16.9. The van der Waals surface area contributed by atoms with E-state index in [9.17, 15) is 9.59 Å². The number of unbranched alkanes of at least 4 members (excludes halogenated alkanes) is 2. The lowest BCUT2D eigenvalue weighted by Gasteiger charge is -2.25. The van der Waals surface area contributed by atoms with E-state index >= 15 is 0 Å². The molecule has 0 atom stereocenters. The average molecular weight is 391 g/mol. The van der Waals surface area contributed by atoms with E-state index in [2.05, 4.69) is 17.6 Å². The fraction of sp³-hybridized carbons (Fsp3) is 0.550. The van der Waals surface area contributed by atoms with Gasteiger partial charge in [0.2, 0.25) is 11.8 Å². The molecule has 2 amide bonds. The Bertz CT molecular complexity index is 618. The highest BCUT2D eigenvalue weighted by Crippen LogP contribution is 2.09. The number of carbonyl (C=O) groups excluding carboxylic acids is 2. The van der Waals surface area contributed by atoms with Gasteiger partial charge in [0.25, 0.3) is 0 Å². The van der Waals surface area contributed by atoms with E-state index < -0.39 is 0 Å². The van der Waals surface area contributed by atoms with E-state index in [0.29, 0.717) is 11.7 Å². The van der Waals surface area contributed by atoms with Crippen LogP contribution in [-0.2, 0) is 9.59 Å². The molecule has 1 aromatic rings. The Morgan fingerprint density at radius 3 is 2.52 bits per heavy atom. The summed E-state index contributed by atoms with van der Waals surface area (Å²) in [7, 11) is 0. The molecule has 0 radical (unpaired) electrons. The smallest absolute Gasteiger partial charge is 0.242 e. The summed E-state index contributed by atoms with van der Waals surface area (Å²) in [6.45, 7) is 4.57. The SMILES string of the molecule is CCCCCN(CC(=O)N1CCCC1)C(=O)CNC(=S)Nc1ccccc1. The summed E-state index contributed by atoms with van der Waals surface area (Å²) in [6.07, 6.45) is 5.13. The van der Waals surface area contributed by atoms with Crippen LogP contribution in [0.1, 0.15) is 39.0 Å². The van der Waals surface area contributed by atoms with Gasteiger partial charge < -0.3 is 20.4 Å². The predicted octanol–water partition coefficient (Wildman–Crippen LogP) is 2.61. The molecular weight excluding hydrogens is 360 g/mol. The summed E-state index contributed by atoms with van der Waals surface area (Å²) >= 11 is 5.25. The summed E-state index contributed by atoms with van der Waals surface area (Å²) in [5.41, 5.74) is 0.867. The molecule has 0 unspecified atom stereocenters. The van der Waals surface area contributed by atoms with Crippen LogP contribution in [-0.4, -0.2) is 59.5 Å². The molecule has 1 fully saturated rings. The molecule has 1 aliphatic rings. The highest BCUT2D eigenvalue weighted by molar-refractivity contribution is 7.80. The number of amides is 2. The van der Waals surface area contributed by atoms with Crippen LogP contribution in [0.3, 0.4) is 0 Å². The molecule has 0 spiro atoms. The molecule has 7 heteroatoms. The average Bonchev–Trinajstić information content (AvgIpc) is 3.21. The number of para-hydroxylation sites is 1. The molecule has 0 bridgehead atoms. The minimum atomic E-state index is -0.101. The Morgan fingerprint density at radius 2 is 1.85 bits per heavy atom. The lowest BCUT2D eigenvalue weighted by molar-refractivity contribution is -0.139. The van der Waals surface area contributed by atoms with E-state index in [1.54, 1.807) is 4.90 Å². The number of hydrogen-bond donors (Lipinski definition) is 2. The van der Waals surface area contributed by atoms with Crippen LogP contribution in [0.5, 0.6) is 0 Å². The molecule has 1 saturated heterocycles. The van der Waals surface area contributed by atoms with Crippen molar-refractivity contribution >= 4 is 34.8 Å². The molecule has 1 aromatic carbocycles. The summed E-state index contributed by atoms with van der Waals surface area (Å²) in [4.78, 5) is 28.6. The molecule has 27 heavy (non-hydrogen) atoms. The standard InChI is InChI=1S/C20H30N4O2S/c1-2-3-7-14-24(16-19(26)23-12-8-9-13-23)18(25)15-21-20(27)22-17-10-5-4-6-11-17/h4-6,10-11H,2-3,7-9,12-16H2,1H3,(H2,21,22,27). The van der Waals surface area contributed by atoms with E-state index in [0.717, 1.165) is 50.9 Å². The van der Waals surface area contributed by atoms with Crippen LogP contribution in [0.15, 0.2) is 30.3 Å². The monoisotopic (exact) mass is 390 g/mol. The van der Waals surface area contributed by atoms with Crippen molar-refractivity contribution in [1.82, 2.24) is 15.1 Å². The first-order valence-electron chi connectivity index (χ1n) is 9.75. The zero-order valence-electron chi connectivity index (χ0n) is 16.1. The molecule has 6 nitrogen and oxygen atoms in total. The molecule has 2 rings (SSSR count). The molecule has 0 aromatic heterocycles.